The Morgan fingerprint density at radius 3 is 2.48 bits per heavy atom. The topological polar surface area (TPSA) is 72.3 Å². The van der Waals surface area contributed by atoms with Gasteiger partial charge >= 0.3 is 6.18 Å². The van der Waals surface area contributed by atoms with Crippen molar-refractivity contribution < 1.29 is 31.5 Å². The summed E-state index contributed by atoms with van der Waals surface area (Å²) in [7, 11) is 1.73. The average molecular weight is 562 g/mol. The Balaban J connectivity index is 1.32. The number of ether oxygens (including phenoxy) is 1. The van der Waals surface area contributed by atoms with Gasteiger partial charge in [-0.25, -0.2) is 8.78 Å². The highest BCUT2D eigenvalue weighted by atomic mass is 19.4. The van der Waals surface area contributed by atoms with Crippen LogP contribution in [-0.2, 0) is 42.9 Å². The largest absolute Gasteiger partial charge is 0.416 e. The normalized spacial score (nSPS) is 20.7. The molecule has 1 aromatic heterocycles. The maximum absolute atomic E-state index is 14.2. The van der Waals surface area contributed by atoms with Gasteiger partial charge in [-0.15, -0.1) is 10.2 Å². The van der Waals surface area contributed by atoms with E-state index in [0.29, 0.717) is 35.9 Å². The second-order valence-electron chi connectivity index (χ2n) is 11.5. The number of carbonyl (C=O) groups is 1. The molecule has 1 amide bonds. The molecule has 1 N–H and O–H groups in total. The molecule has 2 fully saturated rings. The van der Waals surface area contributed by atoms with Crippen molar-refractivity contribution >= 4 is 11.6 Å². The number of hydrogen-bond donors (Lipinski definition) is 1. The van der Waals surface area contributed by atoms with Gasteiger partial charge in [0.2, 0.25) is 5.92 Å². The Morgan fingerprint density at radius 1 is 1.12 bits per heavy atom. The van der Waals surface area contributed by atoms with E-state index in [9.17, 15) is 26.7 Å². The monoisotopic (exact) mass is 561 g/mol. The number of aryl methyl sites for hydroxylation is 1. The van der Waals surface area contributed by atoms with E-state index in [1.165, 1.54) is 17.3 Å². The van der Waals surface area contributed by atoms with E-state index in [1.54, 1.807) is 35.9 Å². The smallest absolute Gasteiger partial charge is 0.377 e. The average Bonchev–Trinajstić information content (AvgIpc) is 3.41. The zero-order chi connectivity index (χ0) is 28.5. The van der Waals surface area contributed by atoms with Crippen LogP contribution in [0.4, 0.5) is 27.6 Å². The van der Waals surface area contributed by atoms with E-state index < -0.39 is 41.8 Å². The number of rotatable bonds is 7. The Labute approximate surface area is 227 Å². The lowest BCUT2D eigenvalue weighted by atomic mass is 9.60. The molecular formula is C28H28F5N5O2. The zero-order valence-corrected chi connectivity index (χ0v) is 22.0. The molecule has 7 nitrogen and oxygen atoms in total. The summed E-state index contributed by atoms with van der Waals surface area (Å²) in [5, 5.41) is 11.1. The number of nitrogens with zero attached hydrogens (tertiary/aromatic N) is 4. The second-order valence-corrected chi connectivity index (χ2v) is 11.5. The third kappa shape index (κ3) is 4.66. The van der Waals surface area contributed by atoms with Crippen LogP contribution < -0.4 is 10.2 Å². The molecule has 0 bridgehead atoms. The number of anilines is 1. The van der Waals surface area contributed by atoms with Crippen LogP contribution in [0.3, 0.4) is 0 Å². The highest BCUT2D eigenvalue weighted by Crippen LogP contribution is 2.55. The van der Waals surface area contributed by atoms with Crippen LogP contribution in [-0.4, -0.2) is 45.3 Å². The summed E-state index contributed by atoms with van der Waals surface area (Å²) in [6, 6.07) is 9.23. The number of carbonyl (C=O) groups excluding carboxylic acids is 1. The number of hydrogen-bond acceptors (Lipinski definition) is 5. The van der Waals surface area contributed by atoms with Crippen molar-refractivity contribution in [2.24, 2.45) is 7.05 Å². The van der Waals surface area contributed by atoms with E-state index in [4.69, 9.17) is 4.74 Å². The fourth-order valence-corrected chi connectivity index (χ4v) is 6.00. The molecule has 3 aliphatic rings. The predicted molar refractivity (Wildman–Crippen MR) is 135 cm³/mol. The molecule has 3 aromatic rings. The third-order valence-electron chi connectivity index (χ3n) is 8.23. The summed E-state index contributed by atoms with van der Waals surface area (Å²) < 4.78 is 77.7. The number of aromatic nitrogens is 3. The zero-order valence-electron chi connectivity index (χ0n) is 22.0. The minimum Gasteiger partial charge on any atom is -0.377 e. The van der Waals surface area contributed by atoms with Gasteiger partial charge in [-0.3, -0.25) is 4.79 Å². The lowest BCUT2D eigenvalue weighted by Gasteiger charge is -2.48. The van der Waals surface area contributed by atoms with Crippen molar-refractivity contribution in [2.45, 2.75) is 62.3 Å². The second kappa shape index (κ2) is 9.07. The number of fused-ring (bicyclic) bond motifs is 1. The van der Waals surface area contributed by atoms with Crippen molar-refractivity contribution in [3.63, 3.8) is 0 Å². The van der Waals surface area contributed by atoms with Crippen LogP contribution in [0.15, 0.2) is 42.7 Å². The van der Waals surface area contributed by atoms with Gasteiger partial charge in [-0.2, -0.15) is 13.2 Å². The molecule has 0 atom stereocenters. The van der Waals surface area contributed by atoms with Crippen molar-refractivity contribution in [2.75, 3.05) is 18.1 Å². The predicted octanol–water partition coefficient (Wildman–Crippen LogP) is 4.78. The maximum atomic E-state index is 14.2. The third-order valence-corrected chi connectivity index (χ3v) is 8.23. The van der Waals surface area contributed by atoms with Gasteiger partial charge in [-0.1, -0.05) is 12.1 Å². The van der Waals surface area contributed by atoms with E-state index in [2.05, 4.69) is 15.5 Å². The molecule has 6 rings (SSSR count). The van der Waals surface area contributed by atoms with E-state index in [0.717, 1.165) is 6.07 Å². The highest BCUT2D eigenvalue weighted by Gasteiger charge is 2.57. The summed E-state index contributed by atoms with van der Waals surface area (Å²) in [4.78, 5) is 14.8. The number of alkyl halides is 5. The van der Waals surface area contributed by atoms with Gasteiger partial charge in [0.1, 0.15) is 12.2 Å². The van der Waals surface area contributed by atoms with Gasteiger partial charge in [0.05, 0.1) is 30.9 Å². The van der Waals surface area contributed by atoms with Gasteiger partial charge in [-0.05, 0) is 47.9 Å². The Hall–Kier alpha value is -3.38. The molecule has 40 heavy (non-hydrogen) atoms. The quantitative estimate of drug-likeness (QED) is 0.421. The first-order valence-corrected chi connectivity index (χ1v) is 13.0. The molecule has 0 spiro atoms. The summed E-state index contributed by atoms with van der Waals surface area (Å²) in [6.45, 7) is 2.72. The highest BCUT2D eigenvalue weighted by molar-refractivity contribution is 6.10. The molecule has 0 radical (unpaired) electrons. The van der Waals surface area contributed by atoms with Crippen LogP contribution in [0.5, 0.6) is 0 Å². The molecule has 12 heteroatoms. The van der Waals surface area contributed by atoms with E-state index in [-0.39, 0.29) is 36.2 Å². The maximum Gasteiger partial charge on any atom is 0.416 e. The van der Waals surface area contributed by atoms with Crippen molar-refractivity contribution in [1.29, 1.82) is 0 Å². The van der Waals surface area contributed by atoms with Crippen molar-refractivity contribution in [1.82, 2.24) is 20.1 Å². The summed E-state index contributed by atoms with van der Waals surface area (Å²) in [5.74, 6) is -2.86. The molecule has 1 saturated heterocycles. The first-order chi connectivity index (χ1) is 18.8. The Bertz CT molecular complexity index is 1470. The number of amides is 1. The lowest BCUT2D eigenvalue weighted by molar-refractivity contribution is -0.138. The van der Waals surface area contributed by atoms with E-state index >= 15 is 0 Å². The van der Waals surface area contributed by atoms with Crippen LogP contribution in [0, 0.1) is 0 Å². The van der Waals surface area contributed by atoms with Crippen molar-refractivity contribution in [3.8, 4) is 0 Å². The van der Waals surface area contributed by atoms with Crippen LogP contribution >= 0.6 is 0 Å². The van der Waals surface area contributed by atoms with Gasteiger partial charge in [0.15, 0.2) is 0 Å². The van der Waals surface area contributed by atoms with Crippen LogP contribution in [0.25, 0.3) is 0 Å². The van der Waals surface area contributed by atoms with E-state index in [1.807, 2.05) is 6.92 Å². The van der Waals surface area contributed by atoms with Gasteiger partial charge in [0, 0.05) is 49.5 Å². The molecule has 2 aliphatic heterocycles. The Morgan fingerprint density at radius 2 is 1.88 bits per heavy atom. The van der Waals surface area contributed by atoms with Gasteiger partial charge < -0.3 is 19.5 Å². The van der Waals surface area contributed by atoms with Gasteiger partial charge in [0.25, 0.3) is 5.91 Å². The van der Waals surface area contributed by atoms with Crippen LogP contribution in [0.2, 0.25) is 0 Å². The summed E-state index contributed by atoms with van der Waals surface area (Å²) in [5.41, 5.74) is -0.910. The molecule has 3 heterocycles. The number of nitrogens with one attached hydrogen (secondary N) is 1. The molecule has 212 valence electrons. The number of halogens is 5. The first kappa shape index (κ1) is 26.8. The summed E-state index contributed by atoms with van der Waals surface area (Å²) in [6.07, 6.45) is -3.74. The Kier molecular flexibility index (Phi) is 6.08. The lowest BCUT2D eigenvalue weighted by Crippen LogP contribution is -2.57. The number of benzene rings is 2. The van der Waals surface area contributed by atoms with Crippen molar-refractivity contribution in [3.05, 3.63) is 76.4 Å². The fraction of sp³-hybridized carbons (Fsp3) is 0.464. The fourth-order valence-electron chi connectivity index (χ4n) is 6.00. The SMILES string of the molecule is Cn1cnnc1CC1(c2cccc(N3Cc4c(cc(CNC5(C)COC5)cc4C(F)(F)F)C3=O)c2)CC(F)(F)C1. The molecule has 0 unspecified atom stereocenters. The molecule has 2 aromatic carbocycles. The van der Waals surface area contributed by atoms with Crippen LogP contribution in [0.1, 0.15) is 58.2 Å². The molecular weight excluding hydrogens is 533 g/mol. The first-order valence-electron chi connectivity index (χ1n) is 13.0. The molecule has 1 aliphatic carbocycles. The standard InChI is InChI=1S/C28H28F5N5O2/c1-25(14-40-15-25)34-10-17-6-20-21(22(7-17)28(31,32)33)11-38(24(20)39)19-5-3-4-18(8-19)26(12-27(29,30)13-26)9-23-36-35-16-37(23)2/h3-8,16,34H,9-15H2,1-2H3. The minimum absolute atomic E-state index is 0.00369. The molecule has 1 saturated carbocycles. The summed E-state index contributed by atoms with van der Waals surface area (Å²) >= 11 is 0. The minimum atomic E-state index is -4.65.